The van der Waals surface area contributed by atoms with Crippen LogP contribution in [0.4, 0.5) is 13.2 Å². The Morgan fingerprint density at radius 3 is 1.01 bits per heavy atom. The van der Waals surface area contributed by atoms with Gasteiger partial charge in [-0.05, 0) is 220 Å². The maximum absolute atomic E-state index is 11.9. The zero-order valence-corrected chi connectivity index (χ0v) is 70.6. The molecular weight excluding hydrogens is 1400 g/mol. The summed E-state index contributed by atoms with van der Waals surface area (Å²) in [4.78, 5) is 115. The lowest BCUT2D eigenvalue weighted by Gasteiger charge is -2.26. The van der Waals surface area contributed by atoms with E-state index >= 15 is 0 Å². The van der Waals surface area contributed by atoms with Crippen LogP contribution in [-0.2, 0) is 67.0 Å². The lowest BCUT2D eigenvalue weighted by molar-refractivity contribution is -0.149. The van der Waals surface area contributed by atoms with Crippen molar-refractivity contribution < 1.29 is 93.8 Å². The molecule has 0 aromatic carbocycles. The van der Waals surface area contributed by atoms with Gasteiger partial charge in [-0.15, -0.1) is 13.0 Å². The average molecular weight is 1530 g/mol. The molecule has 3 N–H and O–H groups in total. The molecule has 0 heterocycles. The van der Waals surface area contributed by atoms with Gasteiger partial charge in [-0.3, -0.25) is 47.9 Å². The second-order valence-electron chi connectivity index (χ2n) is 27.1. The number of hydrogen-bond donors (Lipinski definition) is 3. The number of carboxylic acid groups (broad SMARTS) is 2. The number of carbonyl (C=O) groups is 11. The molecule has 0 aromatic rings. The van der Waals surface area contributed by atoms with Gasteiger partial charge in [0, 0.05) is 50.6 Å². The van der Waals surface area contributed by atoms with E-state index in [0.29, 0.717) is 12.8 Å². The zero-order chi connectivity index (χ0) is 85.2. The first kappa shape index (κ1) is 122. The molecule has 0 aliphatic carbocycles. The van der Waals surface area contributed by atoms with Gasteiger partial charge in [0.2, 0.25) is 0 Å². The summed E-state index contributed by atoms with van der Waals surface area (Å²) in [5, 5.41) is 32.5. The Morgan fingerprint density at radius 2 is 0.863 bits per heavy atom. The quantitative estimate of drug-likeness (QED) is 0.0214. The van der Waals surface area contributed by atoms with Crippen molar-refractivity contribution in [3.8, 4) is 34.4 Å². The molecule has 2 atom stereocenters. The monoisotopic (exact) mass is 1530 g/mol. The van der Waals surface area contributed by atoms with E-state index in [0.717, 1.165) is 19.6 Å². The van der Waals surface area contributed by atoms with Crippen LogP contribution in [0.3, 0.4) is 0 Å². The first-order valence-electron chi connectivity index (χ1n) is 32.2. The molecule has 590 valence electrons. The molecule has 0 spiro atoms. The van der Waals surface area contributed by atoms with Crippen LogP contribution >= 0.6 is 34.8 Å². The van der Waals surface area contributed by atoms with Crippen LogP contribution in [0.2, 0.25) is 0 Å². The molecule has 0 rings (SSSR count). The molecule has 0 bridgehead atoms. The summed E-state index contributed by atoms with van der Waals surface area (Å²) in [5.41, 5.74) is -10.0. The first-order chi connectivity index (χ1) is 45.4. The van der Waals surface area contributed by atoms with E-state index in [1.54, 1.807) is 103 Å². The van der Waals surface area contributed by atoms with E-state index in [4.69, 9.17) is 51.4 Å². The average Bonchev–Trinajstić information content (AvgIpc) is 0.812. The van der Waals surface area contributed by atoms with Crippen molar-refractivity contribution in [2.75, 3.05) is 0 Å². The molecule has 0 fully saturated rings. The summed E-state index contributed by atoms with van der Waals surface area (Å²) in [6.45, 7) is 63.0. The van der Waals surface area contributed by atoms with E-state index < -0.39 is 72.3 Å². The summed E-state index contributed by atoms with van der Waals surface area (Å²) < 4.78 is 60.8. The predicted molar refractivity (Wildman–Crippen MR) is 413 cm³/mol. The molecule has 102 heavy (non-hydrogen) atoms. The van der Waals surface area contributed by atoms with Gasteiger partial charge in [-0.25, -0.2) is 0 Å². The number of aliphatic hydroxyl groups is 1. The molecule has 24 heteroatoms. The minimum atomic E-state index is -5.77. The highest BCUT2D eigenvalue weighted by molar-refractivity contribution is 7.87. The number of alkyl halides is 3. The number of carbonyl (C=O) groups excluding carboxylic acids is 9. The smallest absolute Gasteiger partial charge is 0.481 e. The van der Waals surface area contributed by atoms with E-state index in [1.165, 1.54) is 34.6 Å². The van der Waals surface area contributed by atoms with Crippen LogP contribution in [-0.4, -0.2) is 99.8 Å². The number of Topliss-reactive ketones (excluding diaryl/α,β-unsaturated/α-hetero) is 8. The largest absolute Gasteiger partial charge is 0.534 e. The molecule has 17 nitrogen and oxygen atoms in total. The lowest BCUT2D eigenvalue weighted by Crippen LogP contribution is -2.35. The van der Waals surface area contributed by atoms with E-state index in [1.807, 2.05) is 149 Å². The number of hydrogen-bond acceptors (Lipinski definition) is 15. The van der Waals surface area contributed by atoms with Crippen LogP contribution in [0.25, 0.3) is 0 Å². The predicted octanol–water partition coefficient (Wildman–Crippen LogP) is 19.3. The third-order valence-corrected chi connectivity index (χ3v) is 16.3. The number of halogens is 6. The van der Waals surface area contributed by atoms with Gasteiger partial charge in [0.05, 0.1) is 33.7 Å². The van der Waals surface area contributed by atoms with Gasteiger partial charge in [0.15, 0.2) is 0 Å². The van der Waals surface area contributed by atoms with Gasteiger partial charge >= 0.3 is 27.6 Å². The summed E-state index contributed by atoms with van der Waals surface area (Å²) in [5.74, 6) is 3.55. The van der Waals surface area contributed by atoms with Crippen LogP contribution < -0.4 is 0 Å². The zero-order valence-electron chi connectivity index (χ0n) is 67.5. The van der Waals surface area contributed by atoms with E-state index in [2.05, 4.69) is 34.6 Å². The van der Waals surface area contributed by atoms with Crippen molar-refractivity contribution in [3.63, 3.8) is 0 Å². The SMILES string of the molecule is C#CC(C)(C)C(C)=O.C/C=C/C(C)(C)C(C)=O.C/C=C/CC(C)C(C)(C)C(=O)O.C/C=C/CC(O)C(C)(C)C(C)=O.C/C=C/CC=O.C=C(OS(=O)(=O)C(F)(F)F)C(C)(C)C(C)=O.C=CC(C)(C)C(C)=O.CC(=O)C(C)(C)C#CCl.CC(=O)C(C)C.CC(=O)C(C)C.CC(C)C(=O)O.ClC#CCl. The van der Waals surface area contributed by atoms with Gasteiger partial charge in [-0.1, -0.05) is 135 Å². The minimum Gasteiger partial charge on any atom is -0.481 e. The van der Waals surface area contributed by atoms with Crippen LogP contribution in [0.15, 0.2) is 73.6 Å². The van der Waals surface area contributed by atoms with Gasteiger partial charge in [-0.2, -0.15) is 21.6 Å². The van der Waals surface area contributed by atoms with Crippen molar-refractivity contribution in [1.82, 2.24) is 0 Å². The van der Waals surface area contributed by atoms with Crippen molar-refractivity contribution in [2.24, 2.45) is 61.6 Å². The molecule has 0 aliphatic rings. The summed E-state index contributed by atoms with van der Waals surface area (Å²) >= 11 is 14.5. The highest BCUT2D eigenvalue weighted by Crippen LogP contribution is 2.34. The van der Waals surface area contributed by atoms with Gasteiger partial charge < -0.3 is 24.3 Å². The molecule has 0 amide bonds. The third-order valence-electron chi connectivity index (χ3n) is 14.9. The Morgan fingerprint density at radius 1 is 0.529 bits per heavy atom. The van der Waals surface area contributed by atoms with Crippen LogP contribution in [0, 0.1) is 96.0 Å². The number of allylic oxidation sites excluding steroid dienone is 9. The topological polar surface area (TPSA) is 292 Å². The number of terminal acetylenes is 1. The standard InChI is InChI=1S/2C10H18O2.C8H11F3O4S.C8H14O.C7H9ClO.C7H12O.C7H10O.2C5H10O.C5H8O.C4H8O2.C2Cl2/c1-5-6-7-9(12)10(3,4)8(2)11;1-5-6-7-8(2)10(3,4)9(11)12;1-5(12)7(3,4)6(2)15-16(13,14)8(9,10)11;1-5-6-8(3,4)7(2)9;1-6(9)7(2,3)4-5-8;2*1-5-7(3,4)6(2)8;2*1-4(2)5(3)6;1-2-3-4-5-6;1-3(2)4(5)6;3-1-2-4/h5-6,9,12H,7H2,1-4H3;5-6,8H,7H2,1-4H3,(H,11,12);2H2,1,3-4H3;5-6H,1-4H3;1-3H3;5H,1H2,2-4H3;1H,2-4H3;2*4H,1-3H3;2-3,5H,4H2,1H3;3H,1-2H3,(H,5,6);/b2*6-5+;;6-5+;;;;;;3-2+;;. The van der Waals surface area contributed by atoms with Crippen molar-refractivity contribution in [2.45, 2.75) is 259 Å². The van der Waals surface area contributed by atoms with Crippen LogP contribution in [0.1, 0.15) is 248 Å². The number of carboxylic acids is 2. The molecule has 2 unspecified atom stereocenters. The number of rotatable bonds is 23. The summed E-state index contributed by atoms with van der Waals surface area (Å²) in [6, 6.07) is 0. The number of aliphatic carboxylic acids is 2. The second-order valence-corrected chi connectivity index (χ2v) is 29.2. The second kappa shape index (κ2) is 63.0. The fraction of sp³-hybridized carbons (Fsp3) is 0.628. The molecule has 0 saturated carbocycles. The lowest BCUT2D eigenvalue weighted by atomic mass is 9.78. The Bertz CT molecular complexity index is 2870. The van der Waals surface area contributed by atoms with Gasteiger partial charge in [0.1, 0.15) is 58.3 Å². The van der Waals surface area contributed by atoms with Gasteiger partial charge in [0.25, 0.3) is 0 Å². The van der Waals surface area contributed by atoms with Crippen LogP contribution in [0.5, 0.6) is 0 Å². The summed E-state index contributed by atoms with van der Waals surface area (Å²) in [7, 11) is -5.77. The van der Waals surface area contributed by atoms with E-state index in [-0.39, 0.29) is 75.0 Å². The number of aldehydes is 1. The van der Waals surface area contributed by atoms with Crippen molar-refractivity contribution >= 4 is 109 Å². The maximum Gasteiger partial charge on any atom is 0.534 e. The van der Waals surface area contributed by atoms with Crippen molar-refractivity contribution in [3.05, 3.63) is 73.6 Å². The highest BCUT2D eigenvalue weighted by Gasteiger charge is 2.50. The molecule has 0 saturated heterocycles. The molecular formula is C78H128Cl3F3O17S. The molecule has 0 aromatic heterocycles. The molecule has 0 radical (unpaired) electrons. The molecule has 0 aliphatic heterocycles. The fourth-order valence-corrected chi connectivity index (χ4v) is 4.10. The Labute approximate surface area is 628 Å². The fourth-order valence-electron chi connectivity index (χ4n) is 3.30. The third kappa shape index (κ3) is 71.8. The summed E-state index contributed by atoms with van der Waals surface area (Å²) in [6.07, 6.45) is 24.1. The number of ketones is 8. The normalized spacial score (nSPS) is 11.6. The Balaban J connectivity index is -0.0000000881. The first-order valence-corrected chi connectivity index (χ1v) is 34.8. The van der Waals surface area contributed by atoms with E-state index in [9.17, 15) is 79.4 Å². The Kier molecular flexibility index (Phi) is 75.5. The highest BCUT2D eigenvalue weighted by atomic mass is 35.5. The minimum absolute atomic E-state index is 0.0273. The maximum atomic E-state index is 11.9. The Hall–Kier alpha value is -6.54. The number of aliphatic hydroxyl groups excluding tert-OH is 1. The van der Waals surface area contributed by atoms with Crippen molar-refractivity contribution in [1.29, 1.82) is 0 Å².